The molecule has 0 aromatic heterocycles. The first-order valence-corrected chi connectivity index (χ1v) is 14.6. The smallest absolute Gasteiger partial charge is 0.303 e. The van der Waals surface area contributed by atoms with Crippen LogP contribution in [0.2, 0.25) is 0 Å². The largest absolute Gasteiger partial charge is 0.481 e. The monoisotopic (exact) mass is 604 g/mol. The van der Waals surface area contributed by atoms with Crippen LogP contribution in [0.3, 0.4) is 0 Å². The number of nitrogens with one attached hydrogen (secondary N) is 1. The highest BCUT2D eigenvalue weighted by Gasteiger charge is 2.34. The van der Waals surface area contributed by atoms with Crippen LogP contribution >= 0.6 is 0 Å². The number of carbonyl (C=O) groups is 2. The van der Waals surface area contributed by atoms with Gasteiger partial charge in [0.25, 0.3) is 5.69 Å². The average molecular weight is 605 g/mol. The molecule has 3 N–H and O–H groups in total. The van der Waals surface area contributed by atoms with Crippen molar-refractivity contribution in [1.29, 1.82) is 0 Å². The maximum Gasteiger partial charge on any atom is 0.303 e. The minimum atomic E-state index is -1.02. The molecule has 0 spiro atoms. The van der Waals surface area contributed by atoms with Crippen LogP contribution in [0.25, 0.3) is 0 Å². The van der Waals surface area contributed by atoms with Crippen LogP contribution in [0.5, 0.6) is 0 Å². The highest BCUT2D eigenvalue weighted by molar-refractivity contribution is 5.92. The van der Waals surface area contributed by atoms with Crippen molar-refractivity contribution in [3.63, 3.8) is 0 Å². The third kappa shape index (κ3) is 8.17. The number of piperazine rings is 1. The minimum absolute atomic E-state index is 0.0365. The van der Waals surface area contributed by atoms with E-state index in [0.717, 1.165) is 48.6 Å². The molecule has 2 heterocycles. The number of carboxylic acids is 1. The van der Waals surface area contributed by atoms with Gasteiger partial charge in [0.1, 0.15) is 0 Å². The van der Waals surface area contributed by atoms with Gasteiger partial charge in [-0.2, -0.15) is 0 Å². The standard InChI is InChI=1S/C32H36N4O8/c37-21-22-1-3-23(4-2-22)29-19-28(20-34-15-17-35(18-16-34)26-9-11-27(12-10-26)36(41)42)43-32(44-29)24-5-7-25(8-6-24)33-30(38)13-14-31(39)40/h1-12,28-29,32,37H,13-21H2,(H,33,38)(H,39,40)/t28-,29+,32+/m1/s1. The third-order valence-electron chi connectivity index (χ3n) is 7.91. The Kier molecular flexibility index (Phi) is 10.2. The molecule has 44 heavy (non-hydrogen) atoms. The van der Waals surface area contributed by atoms with Crippen LogP contribution < -0.4 is 10.2 Å². The Bertz CT molecular complexity index is 1420. The highest BCUT2D eigenvalue weighted by atomic mass is 16.7. The number of aliphatic hydroxyl groups is 1. The quantitative estimate of drug-likeness (QED) is 0.214. The molecule has 0 radical (unpaired) electrons. The fourth-order valence-electron chi connectivity index (χ4n) is 5.46. The molecule has 2 fully saturated rings. The Balaban J connectivity index is 1.24. The number of aliphatic carboxylic acids is 1. The van der Waals surface area contributed by atoms with E-state index in [1.807, 2.05) is 36.4 Å². The first kappa shape index (κ1) is 31.1. The summed E-state index contributed by atoms with van der Waals surface area (Å²) in [7, 11) is 0. The predicted molar refractivity (Wildman–Crippen MR) is 162 cm³/mol. The number of ether oxygens (including phenoxy) is 2. The zero-order chi connectivity index (χ0) is 31.1. The molecule has 2 aliphatic heterocycles. The lowest BCUT2D eigenvalue weighted by Gasteiger charge is -2.41. The van der Waals surface area contributed by atoms with Gasteiger partial charge in [0, 0.05) is 74.6 Å². The van der Waals surface area contributed by atoms with Crippen molar-refractivity contribution >= 4 is 28.9 Å². The number of non-ortho nitro benzene ring substituents is 1. The van der Waals surface area contributed by atoms with Gasteiger partial charge in [-0.25, -0.2) is 0 Å². The fraction of sp³-hybridized carbons (Fsp3) is 0.375. The number of nitro benzene ring substituents is 1. The highest BCUT2D eigenvalue weighted by Crippen LogP contribution is 2.38. The topological polar surface area (TPSA) is 155 Å². The zero-order valence-corrected chi connectivity index (χ0v) is 24.2. The summed E-state index contributed by atoms with van der Waals surface area (Å²) in [5, 5.41) is 32.0. The summed E-state index contributed by atoms with van der Waals surface area (Å²) in [4.78, 5) is 38.0. The minimum Gasteiger partial charge on any atom is -0.481 e. The van der Waals surface area contributed by atoms with Crippen molar-refractivity contribution in [2.24, 2.45) is 0 Å². The van der Waals surface area contributed by atoms with E-state index in [-0.39, 0.29) is 43.3 Å². The number of benzene rings is 3. The van der Waals surface area contributed by atoms with Gasteiger partial charge in [0.2, 0.25) is 5.91 Å². The molecule has 3 aromatic carbocycles. The summed E-state index contributed by atoms with van der Waals surface area (Å²) >= 11 is 0. The number of amides is 1. The third-order valence-corrected chi connectivity index (χ3v) is 7.91. The molecular weight excluding hydrogens is 568 g/mol. The number of carbonyl (C=O) groups excluding carboxylic acids is 1. The molecule has 3 atom stereocenters. The zero-order valence-electron chi connectivity index (χ0n) is 24.2. The summed E-state index contributed by atoms with van der Waals surface area (Å²) in [6, 6.07) is 21.5. The number of nitrogens with zero attached hydrogens (tertiary/aromatic N) is 3. The number of hydrogen-bond acceptors (Lipinski definition) is 9. The van der Waals surface area contributed by atoms with Crippen LogP contribution in [0, 0.1) is 10.1 Å². The van der Waals surface area contributed by atoms with Crippen LogP contribution in [0.15, 0.2) is 72.8 Å². The number of carboxylic acid groups (broad SMARTS) is 1. The van der Waals surface area contributed by atoms with Crippen molar-refractivity contribution < 1.29 is 34.2 Å². The maximum atomic E-state index is 12.0. The van der Waals surface area contributed by atoms with E-state index < -0.39 is 17.2 Å². The SMILES string of the molecule is O=C(O)CCC(=O)Nc1ccc([C@H]2O[C@@H](CN3CCN(c4ccc([N+](=O)[O-])cc4)CC3)C[C@@H](c3ccc(CO)cc3)O2)cc1. The van der Waals surface area contributed by atoms with E-state index in [0.29, 0.717) is 18.7 Å². The predicted octanol–water partition coefficient (Wildman–Crippen LogP) is 4.26. The molecular formula is C32H36N4O8. The van der Waals surface area contributed by atoms with Gasteiger partial charge in [-0.3, -0.25) is 24.6 Å². The Morgan fingerprint density at radius 2 is 1.55 bits per heavy atom. The first-order valence-electron chi connectivity index (χ1n) is 14.6. The Morgan fingerprint density at radius 3 is 2.16 bits per heavy atom. The van der Waals surface area contributed by atoms with Gasteiger partial charge < -0.3 is 29.9 Å². The summed E-state index contributed by atoms with van der Waals surface area (Å²) < 4.78 is 12.9. The summed E-state index contributed by atoms with van der Waals surface area (Å²) in [6.07, 6.45) is -0.695. The Labute approximate surface area is 255 Å². The van der Waals surface area contributed by atoms with E-state index in [2.05, 4.69) is 15.1 Å². The molecule has 5 rings (SSSR count). The lowest BCUT2D eigenvalue weighted by Crippen LogP contribution is -2.49. The van der Waals surface area contributed by atoms with Crippen molar-refractivity contribution in [1.82, 2.24) is 4.90 Å². The number of hydrogen-bond donors (Lipinski definition) is 3. The second kappa shape index (κ2) is 14.4. The van der Waals surface area contributed by atoms with E-state index in [4.69, 9.17) is 14.6 Å². The van der Waals surface area contributed by atoms with Crippen LogP contribution in [0.4, 0.5) is 17.1 Å². The lowest BCUT2D eigenvalue weighted by molar-refractivity contribution is -0.384. The molecule has 0 aliphatic carbocycles. The molecule has 12 heteroatoms. The number of nitro groups is 1. The van der Waals surface area contributed by atoms with Crippen LogP contribution in [0.1, 0.15) is 48.3 Å². The fourth-order valence-corrected chi connectivity index (χ4v) is 5.46. The van der Waals surface area contributed by atoms with Crippen molar-refractivity contribution in [2.75, 3.05) is 42.9 Å². The molecule has 232 valence electrons. The Morgan fingerprint density at radius 1 is 0.886 bits per heavy atom. The van der Waals surface area contributed by atoms with Gasteiger partial charge in [-0.1, -0.05) is 36.4 Å². The van der Waals surface area contributed by atoms with Crippen molar-refractivity contribution in [2.45, 2.75) is 44.4 Å². The van der Waals surface area contributed by atoms with E-state index in [9.17, 15) is 24.8 Å². The number of aliphatic hydroxyl groups excluding tert-OH is 1. The second-order valence-corrected chi connectivity index (χ2v) is 11.0. The van der Waals surface area contributed by atoms with E-state index in [1.54, 1.807) is 24.3 Å². The van der Waals surface area contributed by atoms with Crippen molar-refractivity contribution in [3.8, 4) is 0 Å². The molecule has 0 saturated carbocycles. The van der Waals surface area contributed by atoms with Crippen LogP contribution in [-0.2, 0) is 25.7 Å². The lowest BCUT2D eigenvalue weighted by atomic mass is 9.99. The summed E-state index contributed by atoms with van der Waals surface area (Å²) in [5.74, 6) is -1.39. The summed E-state index contributed by atoms with van der Waals surface area (Å²) in [6.45, 7) is 3.87. The number of rotatable bonds is 11. The average Bonchev–Trinajstić information content (AvgIpc) is 3.04. The normalized spacial score (nSPS) is 20.7. The Hall–Kier alpha value is -4.36. The van der Waals surface area contributed by atoms with Gasteiger partial charge >= 0.3 is 5.97 Å². The molecule has 2 aliphatic rings. The van der Waals surface area contributed by atoms with Gasteiger partial charge in [-0.05, 0) is 35.4 Å². The molecule has 0 bridgehead atoms. The molecule has 12 nitrogen and oxygen atoms in total. The summed E-state index contributed by atoms with van der Waals surface area (Å²) in [5.41, 5.74) is 4.20. The van der Waals surface area contributed by atoms with Crippen molar-refractivity contribution in [3.05, 3.63) is 99.6 Å². The van der Waals surface area contributed by atoms with E-state index >= 15 is 0 Å². The number of anilines is 2. The van der Waals surface area contributed by atoms with E-state index in [1.165, 1.54) is 12.1 Å². The van der Waals surface area contributed by atoms with Gasteiger partial charge in [0.15, 0.2) is 6.29 Å². The van der Waals surface area contributed by atoms with Gasteiger partial charge in [-0.15, -0.1) is 0 Å². The molecule has 1 amide bonds. The molecule has 2 saturated heterocycles. The van der Waals surface area contributed by atoms with Crippen LogP contribution in [-0.4, -0.2) is 70.7 Å². The van der Waals surface area contributed by atoms with Gasteiger partial charge in [0.05, 0.1) is 30.2 Å². The second-order valence-electron chi connectivity index (χ2n) is 11.0. The molecule has 3 aromatic rings. The first-order chi connectivity index (χ1) is 21.3. The molecule has 0 unspecified atom stereocenters. The maximum absolute atomic E-state index is 12.0.